The summed E-state index contributed by atoms with van der Waals surface area (Å²) in [4.78, 5) is 31.7. The lowest BCUT2D eigenvalue weighted by molar-refractivity contribution is -0.120. The van der Waals surface area contributed by atoms with Gasteiger partial charge in [0.25, 0.3) is 5.56 Å². The lowest BCUT2D eigenvalue weighted by atomic mass is 10.3. The van der Waals surface area contributed by atoms with Gasteiger partial charge in [-0.2, -0.15) is 0 Å². The van der Waals surface area contributed by atoms with Crippen LogP contribution in [0.2, 0.25) is 0 Å². The van der Waals surface area contributed by atoms with Crippen LogP contribution >= 0.6 is 23.1 Å². The van der Waals surface area contributed by atoms with Crippen LogP contribution in [0.3, 0.4) is 0 Å². The molecule has 2 heterocycles. The molecule has 2 aromatic heterocycles. The van der Waals surface area contributed by atoms with E-state index in [4.69, 9.17) is 4.74 Å². The van der Waals surface area contributed by atoms with Crippen molar-refractivity contribution in [3.05, 3.63) is 34.0 Å². The molecule has 0 aliphatic carbocycles. The van der Waals surface area contributed by atoms with Gasteiger partial charge in [0, 0.05) is 31.7 Å². The predicted molar refractivity (Wildman–Crippen MR) is 108 cm³/mol. The smallest absolute Gasteiger partial charge is 0.262 e. The van der Waals surface area contributed by atoms with Crippen LogP contribution < -0.4 is 10.9 Å². The standard InChI is InChI=1S/C18H25N3O3S2/c1-5-8-19-15(22)12(3)25-18-20-16-14(11-13(6-2)26-16)17(23)21(18)9-7-10-24-4/h5,11-12H,1,6-10H2,2-4H3,(H,19,22)/t12-/m0/s1. The third-order valence-corrected chi connectivity index (χ3v) is 6.08. The number of thiophene rings is 1. The number of hydrogen-bond donors (Lipinski definition) is 1. The molecule has 0 radical (unpaired) electrons. The second-order valence-electron chi connectivity index (χ2n) is 5.78. The van der Waals surface area contributed by atoms with Crippen LogP contribution in [0.1, 0.15) is 25.1 Å². The fourth-order valence-corrected chi connectivity index (χ4v) is 4.37. The molecule has 0 saturated carbocycles. The molecule has 142 valence electrons. The largest absolute Gasteiger partial charge is 0.385 e. The molecule has 1 N–H and O–H groups in total. The maximum Gasteiger partial charge on any atom is 0.262 e. The lowest BCUT2D eigenvalue weighted by Crippen LogP contribution is -2.32. The summed E-state index contributed by atoms with van der Waals surface area (Å²) in [5.74, 6) is -0.104. The molecular weight excluding hydrogens is 370 g/mol. The molecule has 0 saturated heterocycles. The summed E-state index contributed by atoms with van der Waals surface area (Å²) in [6.07, 6.45) is 3.21. The Bertz CT molecular complexity index is 829. The van der Waals surface area contributed by atoms with E-state index in [-0.39, 0.29) is 16.7 Å². The van der Waals surface area contributed by atoms with Gasteiger partial charge >= 0.3 is 0 Å². The highest BCUT2D eigenvalue weighted by molar-refractivity contribution is 8.00. The van der Waals surface area contributed by atoms with Crippen LogP contribution in [-0.2, 0) is 22.5 Å². The van der Waals surface area contributed by atoms with Crippen molar-refractivity contribution in [3.8, 4) is 0 Å². The molecule has 2 aromatic rings. The minimum atomic E-state index is -0.362. The molecule has 0 aliphatic rings. The van der Waals surface area contributed by atoms with Gasteiger partial charge in [-0.25, -0.2) is 4.98 Å². The maximum absolute atomic E-state index is 13.0. The van der Waals surface area contributed by atoms with Gasteiger partial charge in [-0.1, -0.05) is 24.8 Å². The predicted octanol–water partition coefficient (Wildman–Crippen LogP) is 2.84. The van der Waals surface area contributed by atoms with E-state index in [1.54, 1.807) is 17.8 Å². The van der Waals surface area contributed by atoms with Crippen molar-refractivity contribution in [1.29, 1.82) is 0 Å². The number of rotatable bonds is 10. The molecule has 8 heteroatoms. The highest BCUT2D eigenvalue weighted by Crippen LogP contribution is 2.27. The number of nitrogens with one attached hydrogen (secondary N) is 1. The van der Waals surface area contributed by atoms with Crippen LogP contribution in [0, 0.1) is 0 Å². The van der Waals surface area contributed by atoms with Crippen molar-refractivity contribution >= 4 is 39.2 Å². The Balaban J connectivity index is 2.37. The molecule has 0 aromatic carbocycles. The number of hydrogen-bond acceptors (Lipinski definition) is 6. The highest BCUT2D eigenvalue weighted by Gasteiger charge is 2.20. The quantitative estimate of drug-likeness (QED) is 0.290. The van der Waals surface area contributed by atoms with E-state index in [1.165, 1.54) is 23.1 Å². The summed E-state index contributed by atoms with van der Waals surface area (Å²) < 4.78 is 6.76. The normalized spacial score (nSPS) is 12.3. The third kappa shape index (κ3) is 4.96. The first-order valence-corrected chi connectivity index (χ1v) is 10.3. The van der Waals surface area contributed by atoms with Crippen LogP contribution in [0.5, 0.6) is 0 Å². The number of aryl methyl sites for hydroxylation is 1. The summed E-state index contributed by atoms with van der Waals surface area (Å²) in [5, 5.41) is 3.64. The molecule has 0 bridgehead atoms. The fourth-order valence-electron chi connectivity index (χ4n) is 2.40. The van der Waals surface area contributed by atoms with E-state index in [9.17, 15) is 9.59 Å². The number of amides is 1. The Hall–Kier alpha value is -1.64. The van der Waals surface area contributed by atoms with Crippen molar-refractivity contribution in [2.45, 2.75) is 43.6 Å². The molecular formula is C18H25N3O3S2. The average molecular weight is 396 g/mol. The topological polar surface area (TPSA) is 73.2 Å². The Kier molecular flexibility index (Phi) is 7.86. The first-order valence-electron chi connectivity index (χ1n) is 8.59. The van der Waals surface area contributed by atoms with Crippen molar-refractivity contribution in [2.24, 2.45) is 0 Å². The number of ether oxygens (including phenoxy) is 1. The van der Waals surface area contributed by atoms with Gasteiger partial charge in [0.1, 0.15) is 4.83 Å². The van der Waals surface area contributed by atoms with Crippen LogP contribution in [-0.4, -0.2) is 41.0 Å². The number of methoxy groups -OCH3 is 1. The zero-order valence-electron chi connectivity index (χ0n) is 15.4. The highest BCUT2D eigenvalue weighted by atomic mass is 32.2. The number of nitrogens with zero attached hydrogens (tertiary/aromatic N) is 2. The summed E-state index contributed by atoms with van der Waals surface area (Å²) in [7, 11) is 1.64. The van der Waals surface area contributed by atoms with Crippen molar-refractivity contribution in [1.82, 2.24) is 14.9 Å². The Labute approximate surface area is 161 Å². The maximum atomic E-state index is 13.0. The molecule has 1 atom stereocenters. The number of carbonyl (C=O) groups excluding carboxylic acids is 1. The second kappa shape index (κ2) is 9.89. The van der Waals surface area contributed by atoms with E-state index < -0.39 is 0 Å². The molecule has 0 spiro atoms. The van der Waals surface area contributed by atoms with E-state index in [2.05, 4.69) is 23.8 Å². The first kappa shape index (κ1) is 20.7. The van der Waals surface area contributed by atoms with Gasteiger partial charge in [-0.05, 0) is 25.8 Å². The van der Waals surface area contributed by atoms with Crippen LogP contribution in [0.25, 0.3) is 10.2 Å². The zero-order chi connectivity index (χ0) is 19.1. The van der Waals surface area contributed by atoms with E-state index in [0.717, 1.165) is 16.1 Å². The number of aromatic nitrogens is 2. The fraction of sp³-hybridized carbons (Fsp3) is 0.500. The molecule has 0 fully saturated rings. The summed E-state index contributed by atoms with van der Waals surface area (Å²) >= 11 is 2.84. The number of carbonyl (C=O) groups is 1. The average Bonchev–Trinajstić information content (AvgIpc) is 3.05. The summed E-state index contributed by atoms with van der Waals surface area (Å²) in [5.41, 5.74) is -0.0525. The van der Waals surface area contributed by atoms with Crippen LogP contribution in [0.15, 0.2) is 28.7 Å². The Morgan fingerprint density at radius 3 is 3.00 bits per heavy atom. The molecule has 2 rings (SSSR count). The monoisotopic (exact) mass is 395 g/mol. The molecule has 0 unspecified atom stereocenters. The minimum Gasteiger partial charge on any atom is -0.385 e. The lowest BCUT2D eigenvalue weighted by Gasteiger charge is -2.15. The number of thioether (sulfide) groups is 1. The number of fused-ring (bicyclic) bond motifs is 1. The molecule has 1 amide bonds. The molecule has 6 nitrogen and oxygen atoms in total. The van der Waals surface area contributed by atoms with Crippen molar-refractivity contribution in [2.75, 3.05) is 20.3 Å². The van der Waals surface area contributed by atoms with Gasteiger partial charge in [0.05, 0.1) is 10.6 Å². The van der Waals surface area contributed by atoms with Crippen molar-refractivity contribution < 1.29 is 9.53 Å². The SMILES string of the molecule is C=CCNC(=O)[C@H](C)Sc1nc2sc(CC)cc2c(=O)n1CCCOC. The van der Waals surface area contributed by atoms with Gasteiger partial charge in [0.2, 0.25) is 5.91 Å². The first-order chi connectivity index (χ1) is 12.5. The molecule has 0 aliphatic heterocycles. The summed E-state index contributed by atoms with van der Waals surface area (Å²) in [6, 6.07) is 1.93. The van der Waals surface area contributed by atoms with Crippen molar-refractivity contribution in [3.63, 3.8) is 0 Å². The van der Waals surface area contributed by atoms with E-state index >= 15 is 0 Å². The van der Waals surface area contributed by atoms with Gasteiger partial charge in [-0.3, -0.25) is 14.2 Å². The van der Waals surface area contributed by atoms with Gasteiger partial charge < -0.3 is 10.1 Å². The van der Waals surface area contributed by atoms with E-state index in [1.807, 2.05) is 13.0 Å². The van der Waals surface area contributed by atoms with E-state index in [0.29, 0.717) is 36.7 Å². The third-order valence-electron chi connectivity index (χ3n) is 3.82. The van der Waals surface area contributed by atoms with Gasteiger partial charge in [-0.15, -0.1) is 17.9 Å². The summed E-state index contributed by atoms with van der Waals surface area (Å²) in [6.45, 7) is 8.96. The molecule has 26 heavy (non-hydrogen) atoms. The van der Waals surface area contributed by atoms with Gasteiger partial charge in [0.15, 0.2) is 5.16 Å². The second-order valence-corrected chi connectivity index (χ2v) is 8.20. The minimum absolute atomic E-state index is 0.0525. The zero-order valence-corrected chi connectivity index (χ0v) is 17.0. The van der Waals surface area contributed by atoms with Crippen LogP contribution in [0.4, 0.5) is 0 Å². The Morgan fingerprint density at radius 2 is 2.35 bits per heavy atom. The Morgan fingerprint density at radius 1 is 1.58 bits per heavy atom.